The summed E-state index contributed by atoms with van der Waals surface area (Å²) in [5.74, 6) is -0.488. The lowest BCUT2D eigenvalue weighted by Crippen LogP contribution is -2.32. The van der Waals surface area contributed by atoms with Crippen molar-refractivity contribution in [2.24, 2.45) is 7.05 Å². The Morgan fingerprint density at radius 1 is 1.38 bits per heavy atom. The number of carbonyl (C=O) groups excluding carboxylic acids is 1. The van der Waals surface area contributed by atoms with Gasteiger partial charge in [0.05, 0.1) is 10.9 Å². The molecule has 0 radical (unpaired) electrons. The molecule has 2 aromatic heterocycles. The summed E-state index contributed by atoms with van der Waals surface area (Å²) in [6, 6.07) is 6.78. The van der Waals surface area contributed by atoms with E-state index in [-0.39, 0.29) is 5.69 Å². The molecule has 7 nitrogen and oxygen atoms in total. The Hall–Kier alpha value is -2.67. The molecule has 0 aliphatic heterocycles. The van der Waals surface area contributed by atoms with Crippen molar-refractivity contribution in [3.63, 3.8) is 0 Å². The van der Waals surface area contributed by atoms with Crippen LogP contribution in [0, 0.1) is 0 Å². The molecule has 0 aliphatic rings. The zero-order valence-corrected chi connectivity index (χ0v) is 13.8. The fourth-order valence-electron chi connectivity index (χ4n) is 2.46. The van der Waals surface area contributed by atoms with Crippen molar-refractivity contribution < 1.29 is 4.79 Å². The minimum absolute atomic E-state index is 0.133. The summed E-state index contributed by atoms with van der Waals surface area (Å²) < 4.78 is 3.28. The minimum Gasteiger partial charge on any atom is -0.350 e. The Morgan fingerprint density at radius 3 is 2.96 bits per heavy atom. The smallest absolute Gasteiger partial charge is 0.275 e. The molecule has 0 saturated heterocycles. The van der Waals surface area contributed by atoms with Crippen molar-refractivity contribution in [1.29, 1.82) is 0 Å². The number of fused-ring (bicyclic) bond motifs is 1. The van der Waals surface area contributed by atoms with Gasteiger partial charge in [0.25, 0.3) is 5.91 Å². The van der Waals surface area contributed by atoms with Gasteiger partial charge in [-0.3, -0.25) is 19.0 Å². The molecule has 0 atom stereocenters. The molecule has 1 N–H and O–H groups in total. The quantitative estimate of drug-likeness (QED) is 0.712. The summed E-state index contributed by atoms with van der Waals surface area (Å²) in [6.45, 7) is 1.11. The molecule has 2 heterocycles. The summed E-state index contributed by atoms with van der Waals surface area (Å²) in [4.78, 5) is 24.7. The number of hydrogen-bond acceptors (Lipinski definition) is 4. The van der Waals surface area contributed by atoms with E-state index in [2.05, 4.69) is 15.5 Å². The molecule has 3 rings (SSSR count). The van der Waals surface area contributed by atoms with Gasteiger partial charge in [-0.25, -0.2) is 0 Å². The molecule has 0 unspecified atom stereocenters. The van der Waals surface area contributed by atoms with Gasteiger partial charge in [0.1, 0.15) is 0 Å². The Morgan fingerprint density at radius 2 is 2.21 bits per heavy atom. The second-order valence-electron chi connectivity index (χ2n) is 5.34. The highest BCUT2D eigenvalue weighted by Crippen LogP contribution is 2.15. The van der Waals surface area contributed by atoms with Crippen molar-refractivity contribution in [1.82, 2.24) is 24.9 Å². The summed E-state index contributed by atoms with van der Waals surface area (Å²) in [5.41, 5.74) is 0.0705. The number of hydrogen-bond donors (Lipinski definition) is 1. The van der Waals surface area contributed by atoms with E-state index in [0.717, 1.165) is 0 Å². The molecule has 0 fully saturated rings. The standard InChI is InChI=1S/C16H16ClN5O2/c1-21-13-5-4-11(17)10-12(13)15(23)14(20-21)16(24)18-6-2-8-22-9-3-7-19-22/h3-5,7,9-10H,2,6,8H2,1H3,(H,18,24). The third-order valence-electron chi connectivity index (χ3n) is 3.64. The molecule has 0 aliphatic carbocycles. The van der Waals surface area contributed by atoms with Crippen LogP contribution in [-0.2, 0) is 13.6 Å². The van der Waals surface area contributed by atoms with E-state index in [1.165, 1.54) is 4.68 Å². The highest BCUT2D eigenvalue weighted by Gasteiger charge is 2.16. The van der Waals surface area contributed by atoms with Crippen molar-refractivity contribution in [2.75, 3.05) is 6.54 Å². The average molecular weight is 346 g/mol. The van der Waals surface area contributed by atoms with Crippen LogP contribution >= 0.6 is 11.6 Å². The zero-order chi connectivity index (χ0) is 17.1. The van der Waals surface area contributed by atoms with Gasteiger partial charge in [-0.05, 0) is 30.7 Å². The average Bonchev–Trinajstić information content (AvgIpc) is 3.08. The lowest BCUT2D eigenvalue weighted by atomic mass is 10.2. The van der Waals surface area contributed by atoms with Gasteiger partial charge in [-0.15, -0.1) is 0 Å². The molecule has 3 aromatic rings. The fraction of sp³-hybridized carbons (Fsp3) is 0.250. The predicted molar refractivity (Wildman–Crippen MR) is 91.2 cm³/mol. The number of rotatable bonds is 5. The molecule has 0 bridgehead atoms. The lowest BCUT2D eigenvalue weighted by molar-refractivity contribution is 0.0944. The van der Waals surface area contributed by atoms with Gasteiger partial charge in [-0.2, -0.15) is 10.2 Å². The molecule has 0 saturated carbocycles. The Labute approximate surface area is 142 Å². The van der Waals surface area contributed by atoms with Gasteiger partial charge in [0.15, 0.2) is 5.69 Å². The number of amides is 1. The summed E-state index contributed by atoms with van der Waals surface area (Å²) in [5, 5.41) is 11.7. The molecular weight excluding hydrogens is 330 g/mol. The van der Waals surface area contributed by atoms with Gasteiger partial charge >= 0.3 is 0 Å². The molecule has 1 amide bonds. The van der Waals surface area contributed by atoms with Crippen molar-refractivity contribution in [2.45, 2.75) is 13.0 Å². The van der Waals surface area contributed by atoms with Crippen LogP contribution in [0.25, 0.3) is 10.9 Å². The first-order chi connectivity index (χ1) is 11.6. The number of halogens is 1. The number of nitrogens with zero attached hydrogens (tertiary/aromatic N) is 4. The second-order valence-corrected chi connectivity index (χ2v) is 5.78. The van der Waals surface area contributed by atoms with Crippen LogP contribution in [0.15, 0.2) is 41.5 Å². The van der Waals surface area contributed by atoms with Crippen LogP contribution in [0.1, 0.15) is 16.9 Å². The van der Waals surface area contributed by atoms with Crippen molar-refractivity contribution >= 4 is 28.4 Å². The van der Waals surface area contributed by atoms with Crippen LogP contribution in [0.5, 0.6) is 0 Å². The predicted octanol–water partition coefficient (Wildman–Crippen LogP) is 1.60. The zero-order valence-electron chi connectivity index (χ0n) is 13.1. The minimum atomic E-state index is -0.488. The molecule has 0 spiro atoms. The van der Waals surface area contributed by atoms with Crippen LogP contribution < -0.4 is 10.7 Å². The van der Waals surface area contributed by atoms with Gasteiger partial charge in [0.2, 0.25) is 5.43 Å². The van der Waals surface area contributed by atoms with E-state index in [1.807, 2.05) is 12.3 Å². The normalized spacial score (nSPS) is 10.9. The summed E-state index contributed by atoms with van der Waals surface area (Å²) >= 11 is 5.95. The third-order valence-corrected chi connectivity index (χ3v) is 3.88. The first kappa shape index (κ1) is 16.2. The van der Waals surface area contributed by atoms with E-state index < -0.39 is 11.3 Å². The first-order valence-electron chi connectivity index (χ1n) is 7.48. The monoisotopic (exact) mass is 345 g/mol. The Kier molecular flexibility index (Phi) is 4.61. The van der Waals surface area contributed by atoms with Gasteiger partial charge < -0.3 is 5.32 Å². The number of aromatic nitrogens is 4. The Bertz CT molecular complexity index is 934. The van der Waals surface area contributed by atoms with E-state index in [4.69, 9.17) is 11.6 Å². The number of aryl methyl sites for hydroxylation is 2. The number of nitrogens with one attached hydrogen (secondary N) is 1. The lowest BCUT2D eigenvalue weighted by Gasteiger charge is -2.09. The van der Waals surface area contributed by atoms with Gasteiger partial charge in [-0.1, -0.05) is 11.6 Å². The maximum absolute atomic E-state index is 12.5. The molecule has 24 heavy (non-hydrogen) atoms. The van der Waals surface area contributed by atoms with E-state index in [1.54, 1.807) is 36.1 Å². The summed E-state index contributed by atoms with van der Waals surface area (Å²) in [6.07, 6.45) is 4.26. The second kappa shape index (κ2) is 6.84. The van der Waals surface area contributed by atoms with Crippen LogP contribution in [0.3, 0.4) is 0 Å². The number of benzene rings is 1. The maximum atomic E-state index is 12.5. The van der Waals surface area contributed by atoms with E-state index in [9.17, 15) is 9.59 Å². The highest BCUT2D eigenvalue weighted by atomic mass is 35.5. The topological polar surface area (TPSA) is 81.8 Å². The third kappa shape index (κ3) is 3.30. The van der Waals surface area contributed by atoms with Crippen molar-refractivity contribution in [3.05, 3.63) is 57.6 Å². The molecule has 124 valence electrons. The SMILES string of the molecule is Cn1nc(C(=O)NCCCn2cccn2)c(=O)c2cc(Cl)ccc21. The van der Waals surface area contributed by atoms with Crippen molar-refractivity contribution in [3.8, 4) is 0 Å². The maximum Gasteiger partial charge on any atom is 0.275 e. The largest absolute Gasteiger partial charge is 0.350 e. The van der Waals surface area contributed by atoms with Crippen LogP contribution in [0.2, 0.25) is 5.02 Å². The van der Waals surface area contributed by atoms with E-state index >= 15 is 0 Å². The van der Waals surface area contributed by atoms with Gasteiger partial charge in [0, 0.05) is 37.6 Å². The highest BCUT2D eigenvalue weighted by molar-refractivity contribution is 6.31. The Balaban J connectivity index is 1.75. The molecular formula is C16H16ClN5O2. The summed E-state index contributed by atoms with van der Waals surface area (Å²) in [7, 11) is 1.68. The molecule has 8 heteroatoms. The van der Waals surface area contributed by atoms with E-state index in [0.29, 0.717) is 35.4 Å². The fourth-order valence-corrected chi connectivity index (χ4v) is 2.63. The number of carbonyl (C=O) groups is 1. The molecule has 1 aromatic carbocycles. The van der Waals surface area contributed by atoms with Crippen LogP contribution in [-0.4, -0.2) is 32.0 Å². The first-order valence-corrected chi connectivity index (χ1v) is 7.86. The van der Waals surface area contributed by atoms with Crippen LogP contribution in [0.4, 0.5) is 0 Å².